The molecule has 0 unspecified atom stereocenters. The molecule has 4 rings (SSSR count). The number of rotatable bonds is 8. The number of amides is 2. The average Bonchev–Trinajstić information content (AvgIpc) is 3.47. The zero-order valence-corrected chi connectivity index (χ0v) is 22.1. The number of anilines is 1. The second kappa shape index (κ2) is 9.97. The number of hydrogen-bond donors (Lipinski definition) is 2. The molecule has 0 aliphatic carbocycles. The van der Waals surface area contributed by atoms with E-state index < -0.39 is 18.0 Å². The van der Waals surface area contributed by atoms with Gasteiger partial charge in [0.05, 0.1) is 28.2 Å². The number of nitrogens with zero attached hydrogens (tertiary/aromatic N) is 5. The molecule has 9 nitrogen and oxygen atoms in total. The lowest BCUT2D eigenvalue weighted by Crippen LogP contribution is -2.18. The summed E-state index contributed by atoms with van der Waals surface area (Å²) in [6.45, 7) is 6.57. The van der Waals surface area contributed by atoms with Gasteiger partial charge >= 0.3 is 0 Å². The number of thiophene rings is 1. The van der Waals surface area contributed by atoms with Gasteiger partial charge in [-0.1, -0.05) is 0 Å². The lowest BCUT2D eigenvalue weighted by atomic mass is 10.0. The number of nitrogens with one attached hydrogen (secondary N) is 1. The van der Waals surface area contributed by atoms with Crippen LogP contribution in [-0.4, -0.2) is 36.4 Å². The molecule has 0 saturated heterocycles. The number of fused-ring (bicyclic) bond motifs is 1. The highest BCUT2D eigenvalue weighted by Gasteiger charge is 2.26. The molecule has 4 heterocycles. The maximum atomic E-state index is 13.7. The van der Waals surface area contributed by atoms with E-state index in [4.69, 9.17) is 5.73 Å². The van der Waals surface area contributed by atoms with Crippen LogP contribution in [0.2, 0.25) is 0 Å². The fourth-order valence-electron chi connectivity index (χ4n) is 3.82. The Morgan fingerprint density at radius 1 is 1.17 bits per heavy atom. The number of carbonyl (C=O) groups is 2. The van der Waals surface area contributed by atoms with Gasteiger partial charge in [0.15, 0.2) is 0 Å². The lowest BCUT2D eigenvalue weighted by Gasteiger charge is -2.11. The molecule has 0 fully saturated rings. The quantitative estimate of drug-likeness (QED) is 0.280. The van der Waals surface area contributed by atoms with Crippen LogP contribution in [0.1, 0.15) is 46.5 Å². The molecule has 4 aromatic heterocycles. The Balaban J connectivity index is 1.81. The summed E-state index contributed by atoms with van der Waals surface area (Å²) in [6, 6.07) is 1.28. The van der Waals surface area contributed by atoms with E-state index in [1.54, 1.807) is 21.8 Å². The first-order valence-corrected chi connectivity index (χ1v) is 12.6. The normalized spacial score (nSPS) is 11.5. The number of aryl methyl sites for hydroxylation is 2. The smallest absolute Gasteiger partial charge is 0.280 e. The van der Waals surface area contributed by atoms with Crippen molar-refractivity contribution in [3.05, 3.63) is 44.0 Å². The summed E-state index contributed by atoms with van der Waals surface area (Å²) in [4.78, 5) is 29.4. The Morgan fingerprint density at radius 2 is 1.89 bits per heavy atom. The number of hydrogen-bond acceptors (Lipinski definition) is 6. The molecular formula is C22H22F2IN7O2S. The Labute approximate surface area is 216 Å². The van der Waals surface area contributed by atoms with Crippen molar-refractivity contribution in [3.63, 3.8) is 0 Å². The predicted octanol–water partition coefficient (Wildman–Crippen LogP) is 4.66. The second-order valence-electron chi connectivity index (χ2n) is 7.80. The predicted molar refractivity (Wildman–Crippen MR) is 138 cm³/mol. The molecule has 13 heteroatoms. The highest BCUT2D eigenvalue weighted by Crippen LogP contribution is 2.43. The largest absolute Gasteiger partial charge is 0.365 e. The molecule has 2 amide bonds. The molecular weight excluding hydrogens is 591 g/mol. The number of aromatic nitrogens is 5. The third-order valence-corrected chi connectivity index (χ3v) is 7.84. The molecule has 0 spiro atoms. The van der Waals surface area contributed by atoms with Crippen LogP contribution in [0.25, 0.3) is 21.3 Å². The summed E-state index contributed by atoms with van der Waals surface area (Å²) >= 11 is 3.04. The van der Waals surface area contributed by atoms with Crippen molar-refractivity contribution in [1.82, 2.24) is 24.5 Å². The highest BCUT2D eigenvalue weighted by atomic mass is 127. The van der Waals surface area contributed by atoms with E-state index in [0.717, 1.165) is 26.3 Å². The average molecular weight is 613 g/mol. The van der Waals surface area contributed by atoms with Crippen molar-refractivity contribution in [2.24, 2.45) is 5.73 Å². The van der Waals surface area contributed by atoms with Gasteiger partial charge in [0.25, 0.3) is 12.3 Å². The molecule has 4 aromatic rings. The fourth-order valence-corrected chi connectivity index (χ4v) is 5.24. The Hall–Kier alpha value is -2.94. The summed E-state index contributed by atoms with van der Waals surface area (Å²) in [5.41, 5.74) is 8.03. The molecule has 0 aliphatic rings. The van der Waals surface area contributed by atoms with Gasteiger partial charge in [0.2, 0.25) is 5.91 Å². The second-order valence-corrected chi connectivity index (χ2v) is 9.97. The fraction of sp³-hybridized carbons (Fsp3) is 0.318. The summed E-state index contributed by atoms with van der Waals surface area (Å²) in [5.74, 6) is -1.16. The summed E-state index contributed by atoms with van der Waals surface area (Å²) in [5, 5.41) is 11.7. The van der Waals surface area contributed by atoms with Gasteiger partial charge < -0.3 is 11.1 Å². The number of primary amides is 1. The van der Waals surface area contributed by atoms with Gasteiger partial charge in [-0.3, -0.25) is 19.0 Å². The standard InChI is InChI=1S/C22H22F2IN7O2S/c1-4-31-10(2)13(8-27-31)12-7-15(20(23)24)29-22-17(12)18(19(35-22)21(26)34)30-16(33)5-6-32-11(3)14(25)9-28-32/h7-9,20H,4-6H2,1-3H3,(H2,26,34)(H,30,33). The van der Waals surface area contributed by atoms with Crippen LogP contribution in [0.5, 0.6) is 0 Å². The number of halogens is 3. The zero-order chi connectivity index (χ0) is 25.4. The van der Waals surface area contributed by atoms with Gasteiger partial charge in [-0.2, -0.15) is 10.2 Å². The minimum atomic E-state index is -2.82. The van der Waals surface area contributed by atoms with Crippen molar-refractivity contribution in [2.45, 2.75) is 46.7 Å². The lowest BCUT2D eigenvalue weighted by molar-refractivity contribution is -0.116. The van der Waals surface area contributed by atoms with Crippen LogP contribution >= 0.6 is 33.9 Å². The van der Waals surface area contributed by atoms with E-state index in [2.05, 4.69) is 43.1 Å². The van der Waals surface area contributed by atoms with Crippen LogP contribution in [0.4, 0.5) is 14.5 Å². The van der Waals surface area contributed by atoms with E-state index in [-0.39, 0.29) is 27.7 Å². The molecule has 0 bridgehead atoms. The number of pyridine rings is 1. The Bertz CT molecular complexity index is 1440. The molecule has 0 aliphatic heterocycles. The third kappa shape index (κ3) is 4.78. The number of nitrogens with two attached hydrogens (primary N) is 1. The minimum absolute atomic E-state index is 0.0406. The van der Waals surface area contributed by atoms with Crippen molar-refractivity contribution >= 4 is 61.6 Å². The molecule has 184 valence electrons. The first-order chi connectivity index (χ1) is 16.6. The molecule has 3 N–H and O–H groups in total. The van der Waals surface area contributed by atoms with E-state index in [1.165, 1.54) is 6.07 Å². The Kier molecular flexibility index (Phi) is 7.17. The summed E-state index contributed by atoms with van der Waals surface area (Å²) in [6.07, 6.45) is 0.552. The van der Waals surface area contributed by atoms with Crippen LogP contribution < -0.4 is 11.1 Å². The van der Waals surface area contributed by atoms with Crippen molar-refractivity contribution in [3.8, 4) is 11.1 Å². The van der Waals surface area contributed by atoms with Gasteiger partial charge in [-0.05, 0) is 55.0 Å². The van der Waals surface area contributed by atoms with Crippen molar-refractivity contribution in [2.75, 3.05) is 5.32 Å². The van der Waals surface area contributed by atoms with E-state index in [9.17, 15) is 18.4 Å². The molecule has 35 heavy (non-hydrogen) atoms. The van der Waals surface area contributed by atoms with Crippen LogP contribution in [0, 0.1) is 17.4 Å². The zero-order valence-electron chi connectivity index (χ0n) is 19.1. The first kappa shape index (κ1) is 25.2. The van der Waals surface area contributed by atoms with Crippen LogP contribution in [-0.2, 0) is 17.9 Å². The van der Waals surface area contributed by atoms with Crippen LogP contribution in [0.15, 0.2) is 18.5 Å². The minimum Gasteiger partial charge on any atom is -0.365 e. The number of carbonyl (C=O) groups excluding carboxylic acids is 2. The first-order valence-electron chi connectivity index (χ1n) is 10.7. The molecule has 0 radical (unpaired) electrons. The maximum absolute atomic E-state index is 13.7. The summed E-state index contributed by atoms with van der Waals surface area (Å²) < 4.78 is 31.8. The molecule has 0 saturated carbocycles. The Morgan fingerprint density at radius 3 is 2.46 bits per heavy atom. The summed E-state index contributed by atoms with van der Waals surface area (Å²) in [7, 11) is 0. The maximum Gasteiger partial charge on any atom is 0.280 e. The number of alkyl halides is 2. The van der Waals surface area contributed by atoms with Gasteiger partial charge in [0, 0.05) is 35.3 Å². The monoisotopic (exact) mass is 613 g/mol. The van der Waals surface area contributed by atoms with Crippen molar-refractivity contribution < 1.29 is 18.4 Å². The van der Waals surface area contributed by atoms with E-state index in [0.29, 0.717) is 29.6 Å². The van der Waals surface area contributed by atoms with Crippen LogP contribution in [0.3, 0.4) is 0 Å². The van der Waals surface area contributed by atoms with E-state index in [1.807, 2.05) is 20.8 Å². The van der Waals surface area contributed by atoms with Crippen molar-refractivity contribution in [1.29, 1.82) is 0 Å². The van der Waals surface area contributed by atoms with Gasteiger partial charge in [0.1, 0.15) is 15.4 Å². The SMILES string of the molecule is CCn1ncc(-c2cc(C(F)F)nc3sc(C(N)=O)c(NC(=O)CCn4ncc(I)c4C)c23)c1C. The van der Waals surface area contributed by atoms with Gasteiger partial charge in [-0.15, -0.1) is 11.3 Å². The van der Waals surface area contributed by atoms with E-state index >= 15 is 0 Å². The molecule has 0 aromatic carbocycles. The topological polar surface area (TPSA) is 121 Å². The molecule has 0 atom stereocenters. The highest BCUT2D eigenvalue weighted by molar-refractivity contribution is 14.1. The third-order valence-electron chi connectivity index (χ3n) is 5.68. The van der Waals surface area contributed by atoms with Gasteiger partial charge in [-0.25, -0.2) is 13.8 Å².